The van der Waals surface area contributed by atoms with E-state index < -0.39 is 6.10 Å². The van der Waals surface area contributed by atoms with Crippen LogP contribution < -0.4 is 15.4 Å². The number of nitrogens with zero attached hydrogens (tertiary/aromatic N) is 2. The molecule has 2 fully saturated rings. The number of nitrogens with two attached hydrogens (primary N) is 1. The van der Waals surface area contributed by atoms with Gasteiger partial charge in [0.25, 0.3) is 0 Å². The molecule has 6 nitrogen and oxygen atoms in total. The molecule has 3 rings (SSSR count). The van der Waals surface area contributed by atoms with Gasteiger partial charge in [0.15, 0.2) is 0 Å². The van der Waals surface area contributed by atoms with Crippen LogP contribution in [-0.2, 0) is 4.79 Å². The molecule has 0 bridgehead atoms. The van der Waals surface area contributed by atoms with E-state index in [1.807, 2.05) is 30.0 Å². The Labute approximate surface area is 143 Å². The molecule has 132 valence electrons. The standard InChI is InChI=1S/C18H27N3O3/c1-2-24-17-6-4-3-5-15(17)20-7-9-21(10-8-20)18(23)13-11-14(19)16(22)12-13/h3-6,13-14,16,22H,2,7-12,19H2,1H3/t13-,14-,16-/m0/s1. The molecular formula is C18H27N3O3. The van der Waals surface area contributed by atoms with Gasteiger partial charge in [-0.25, -0.2) is 0 Å². The zero-order valence-electron chi connectivity index (χ0n) is 14.2. The number of piperazine rings is 1. The quantitative estimate of drug-likeness (QED) is 0.853. The molecule has 1 saturated heterocycles. The third kappa shape index (κ3) is 3.49. The number of rotatable bonds is 4. The Morgan fingerprint density at radius 3 is 2.58 bits per heavy atom. The first kappa shape index (κ1) is 17.0. The van der Waals surface area contributed by atoms with Gasteiger partial charge in [0.1, 0.15) is 5.75 Å². The van der Waals surface area contributed by atoms with Crippen molar-refractivity contribution in [2.75, 3.05) is 37.7 Å². The lowest BCUT2D eigenvalue weighted by Crippen LogP contribution is -2.50. The Bertz CT molecular complexity index is 562. The number of aliphatic hydroxyl groups excluding tert-OH is 1. The molecular weight excluding hydrogens is 306 g/mol. The van der Waals surface area contributed by atoms with Crippen LogP contribution in [0.1, 0.15) is 19.8 Å². The van der Waals surface area contributed by atoms with E-state index >= 15 is 0 Å². The first-order valence-corrected chi connectivity index (χ1v) is 8.79. The van der Waals surface area contributed by atoms with Gasteiger partial charge in [0.2, 0.25) is 5.91 Å². The van der Waals surface area contributed by atoms with Crippen LogP contribution in [-0.4, -0.2) is 60.8 Å². The monoisotopic (exact) mass is 333 g/mol. The lowest BCUT2D eigenvalue weighted by Gasteiger charge is -2.37. The fourth-order valence-corrected chi connectivity index (χ4v) is 3.67. The number of carbonyl (C=O) groups excluding carboxylic acids is 1. The largest absolute Gasteiger partial charge is 0.492 e. The molecule has 0 spiro atoms. The summed E-state index contributed by atoms with van der Waals surface area (Å²) in [5, 5.41) is 9.77. The lowest BCUT2D eigenvalue weighted by molar-refractivity contribution is -0.135. The van der Waals surface area contributed by atoms with Crippen LogP contribution >= 0.6 is 0 Å². The molecule has 0 radical (unpaired) electrons. The van der Waals surface area contributed by atoms with Gasteiger partial charge in [-0.3, -0.25) is 4.79 Å². The lowest BCUT2D eigenvalue weighted by atomic mass is 10.1. The Morgan fingerprint density at radius 2 is 1.96 bits per heavy atom. The topological polar surface area (TPSA) is 79.0 Å². The Hall–Kier alpha value is -1.79. The van der Waals surface area contributed by atoms with Crippen molar-refractivity contribution in [3.63, 3.8) is 0 Å². The molecule has 1 amide bonds. The molecule has 0 unspecified atom stereocenters. The molecule has 3 atom stereocenters. The maximum absolute atomic E-state index is 12.6. The van der Waals surface area contributed by atoms with Crippen LogP contribution in [0.25, 0.3) is 0 Å². The Kier molecular flexibility index (Phi) is 5.26. The van der Waals surface area contributed by atoms with E-state index in [0.717, 1.165) is 24.5 Å². The summed E-state index contributed by atoms with van der Waals surface area (Å²) >= 11 is 0. The number of benzene rings is 1. The molecule has 1 heterocycles. The van der Waals surface area contributed by atoms with Gasteiger partial charge >= 0.3 is 0 Å². The van der Waals surface area contributed by atoms with Crippen molar-refractivity contribution < 1.29 is 14.6 Å². The summed E-state index contributed by atoms with van der Waals surface area (Å²) in [5.41, 5.74) is 6.92. The summed E-state index contributed by atoms with van der Waals surface area (Å²) in [4.78, 5) is 16.8. The highest BCUT2D eigenvalue weighted by Crippen LogP contribution is 2.30. The Morgan fingerprint density at radius 1 is 1.25 bits per heavy atom. The van der Waals surface area contributed by atoms with Crippen LogP contribution in [0.5, 0.6) is 5.75 Å². The van der Waals surface area contributed by atoms with Gasteiger partial charge in [-0.15, -0.1) is 0 Å². The average molecular weight is 333 g/mol. The average Bonchev–Trinajstić information content (AvgIpc) is 2.94. The van der Waals surface area contributed by atoms with Crippen molar-refractivity contribution in [1.82, 2.24) is 4.90 Å². The van der Waals surface area contributed by atoms with E-state index in [-0.39, 0.29) is 17.9 Å². The first-order chi connectivity index (χ1) is 11.6. The summed E-state index contributed by atoms with van der Waals surface area (Å²) in [6.45, 7) is 5.59. The van der Waals surface area contributed by atoms with Crippen molar-refractivity contribution in [1.29, 1.82) is 0 Å². The minimum atomic E-state index is -0.543. The number of amides is 1. The summed E-state index contributed by atoms with van der Waals surface area (Å²) in [5.74, 6) is 0.904. The van der Waals surface area contributed by atoms with Crippen LogP contribution in [0.15, 0.2) is 24.3 Å². The number of hydrogen-bond donors (Lipinski definition) is 2. The van der Waals surface area contributed by atoms with Crippen molar-refractivity contribution in [2.45, 2.75) is 31.9 Å². The molecule has 1 aliphatic heterocycles. The van der Waals surface area contributed by atoms with E-state index in [0.29, 0.717) is 32.5 Å². The normalized spacial score (nSPS) is 27.4. The van der Waals surface area contributed by atoms with Crippen LogP contribution in [0.4, 0.5) is 5.69 Å². The number of anilines is 1. The molecule has 1 aromatic carbocycles. The van der Waals surface area contributed by atoms with Gasteiger partial charge in [-0.2, -0.15) is 0 Å². The van der Waals surface area contributed by atoms with Crippen LogP contribution in [0.2, 0.25) is 0 Å². The van der Waals surface area contributed by atoms with Gasteiger partial charge in [-0.1, -0.05) is 12.1 Å². The van der Waals surface area contributed by atoms with Gasteiger partial charge in [0, 0.05) is 38.1 Å². The van der Waals surface area contributed by atoms with Gasteiger partial charge in [-0.05, 0) is 31.9 Å². The molecule has 3 N–H and O–H groups in total. The fourth-order valence-electron chi connectivity index (χ4n) is 3.67. The van der Waals surface area contributed by atoms with Crippen LogP contribution in [0, 0.1) is 5.92 Å². The molecule has 2 aliphatic rings. The summed E-state index contributed by atoms with van der Waals surface area (Å²) in [7, 11) is 0. The Balaban J connectivity index is 1.59. The zero-order chi connectivity index (χ0) is 17.1. The molecule has 6 heteroatoms. The van der Waals surface area contributed by atoms with E-state index in [4.69, 9.17) is 10.5 Å². The molecule has 24 heavy (non-hydrogen) atoms. The maximum atomic E-state index is 12.6. The number of hydrogen-bond acceptors (Lipinski definition) is 5. The van der Waals surface area contributed by atoms with Crippen molar-refractivity contribution >= 4 is 11.6 Å². The zero-order valence-corrected chi connectivity index (χ0v) is 14.2. The summed E-state index contributed by atoms with van der Waals surface area (Å²) in [6.07, 6.45) is 0.541. The predicted octanol–water partition coefficient (Wildman–Crippen LogP) is 0.832. The first-order valence-electron chi connectivity index (χ1n) is 8.79. The van der Waals surface area contributed by atoms with Crippen LogP contribution in [0.3, 0.4) is 0 Å². The molecule has 1 saturated carbocycles. The number of carbonyl (C=O) groups is 1. The van der Waals surface area contributed by atoms with E-state index in [9.17, 15) is 9.90 Å². The van der Waals surface area contributed by atoms with Crippen molar-refractivity contribution in [2.24, 2.45) is 11.7 Å². The molecule has 1 aromatic rings. The van der Waals surface area contributed by atoms with E-state index in [1.54, 1.807) is 0 Å². The summed E-state index contributed by atoms with van der Waals surface area (Å²) in [6, 6.07) is 7.77. The highest BCUT2D eigenvalue weighted by molar-refractivity contribution is 5.79. The smallest absolute Gasteiger partial charge is 0.225 e. The fraction of sp³-hybridized carbons (Fsp3) is 0.611. The number of ether oxygens (including phenoxy) is 1. The van der Waals surface area contributed by atoms with Crippen molar-refractivity contribution in [3.05, 3.63) is 24.3 Å². The minimum absolute atomic E-state index is 0.128. The second-order valence-electron chi connectivity index (χ2n) is 6.61. The van der Waals surface area contributed by atoms with E-state index in [2.05, 4.69) is 11.0 Å². The predicted molar refractivity (Wildman–Crippen MR) is 93.1 cm³/mol. The SMILES string of the molecule is CCOc1ccccc1N1CCN(C(=O)[C@H]2C[C@H](N)[C@@H](O)C2)CC1. The second-order valence-corrected chi connectivity index (χ2v) is 6.61. The summed E-state index contributed by atoms with van der Waals surface area (Å²) < 4.78 is 5.71. The van der Waals surface area contributed by atoms with Gasteiger partial charge < -0.3 is 25.4 Å². The molecule has 1 aliphatic carbocycles. The number of aliphatic hydroxyl groups is 1. The van der Waals surface area contributed by atoms with Gasteiger partial charge in [0.05, 0.1) is 18.4 Å². The highest BCUT2D eigenvalue weighted by atomic mass is 16.5. The third-order valence-corrected chi connectivity index (χ3v) is 5.02. The van der Waals surface area contributed by atoms with E-state index in [1.165, 1.54) is 0 Å². The maximum Gasteiger partial charge on any atom is 0.225 e. The highest BCUT2D eigenvalue weighted by Gasteiger charge is 2.37. The molecule has 0 aromatic heterocycles. The number of para-hydroxylation sites is 2. The minimum Gasteiger partial charge on any atom is -0.492 e. The van der Waals surface area contributed by atoms with Crippen molar-refractivity contribution in [3.8, 4) is 5.75 Å². The third-order valence-electron chi connectivity index (χ3n) is 5.02. The second kappa shape index (κ2) is 7.40.